The maximum Gasteiger partial charge on any atom is 0.266 e. The van der Waals surface area contributed by atoms with Gasteiger partial charge in [0.05, 0.1) is 11.3 Å². The Morgan fingerprint density at radius 2 is 2.00 bits per heavy atom. The minimum atomic E-state index is -0.700. The summed E-state index contributed by atoms with van der Waals surface area (Å²) < 4.78 is 0. The van der Waals surface area contributed by atoms with Crippen LogP contribution in [0.2, 0.25) is 0 Å². The van der Waals surface area contributed by atoms with Crippen LogP contribution < -0.4 is 5.73 Å². The van der Waals surface area contributed by atoms with E-state index in [1.54, 1.807) is 13.8 Å². The van der Waals surface area contributed by atoms with Gasteiger partial charge in [0, 0.05) is 32.7 Å². The zero-order chi connectivity index (χ0) is 14.9. The Bertz CT molecular complexity index is 487. The molecule has 1 aromatic rings. The van der Waals surface area contributed by atoms with E-state index in [-0.39, 0.29) is 5.91 Å². The quantitative estimate of drug-likeness (QED) is 0.852. The topological polar surface area (TPSA) is 82.7 Å². The van der Waals surface area contributed by atoms with Gasteiger partial charge >= 0.3 is 0 Å². The molecule has 0 bridgehead atoms. The minimum Gasteiger partial charge on any atom is -0.389 e. The van der Waals surface area contributed by atoms with Gasteiger partial charge in [-0.3, -0.25) is 9.69 Å². The first kappa shape index (κ1) is 15.2. The van der Waals surface area contributed by atoms with Crippen LogP contribution in [0.5, 0.6) is 0 Å². The number of piperazine rings is 1. The fourth-order valence-electron chi connectivity index (χ4n) is 2.42. The molecule has 0 radical (unpaired) electrons. The standard InChI is InChI=1S/C13H22N4O2S/c1-9-10(20-12(14)15-9)11(18)17-6-4-16(5-7-17)8-13(2,3)19/h19H,4-8H2,1-3H3,(H2,14,15). The molecule has 0 atom stereocenters. The summed E-state index contributed by atoms with van der Waals surface area (Å²) in [6.07, 6.45) is 0. The second-order valence-electron chi connectivity index (χ2n) is 5.85. The SMILES string of the molecule is Cc1nc(N)sc1C(=O)N1CCN(CC(C)(C)O)CC1. The third-order valence-electron chi connectivity index (χ3n) is 3.28. The highest BCUT2D eigenvalue weighted by molar-refractivity contribution is 7.17. The molecule has 7 heteroatoms. The highest BCUT2D eigenvalue weighted by Crippen LogP contribution is 2.22. The summed E-state index contributed by atoms with van der Waals surface area (Å²) in [4.78, 5) is 21.1. The van der Waals surface area contributed by atoms with Crippen LogP contribution in [-0.4, -0.2) is 64.1 Å². The molecule has 1 fully saturated rings. The zero-order valence-electron chi connectivity index (χ0n) is 12.2. The lowest BCUT2D eigenvalue weighted by molar-refractivity contribution is 0.0179. The molecule has 0 spiro atoms. The van der Waals surface area contributed by atoms with Gasteiger partial charge < -0.3 is 15.7 Å². The van der Waals surface area contributed by atoms with E-state index in [2.05, 4.69) is 9.88 Å². The number of β-amino-alcohol motifs (C(OH)–C–C–N with tert-alkyl or cyclic N) is 1. The number of amides is 1. The van der Waals surface area contributed by atoms with E-state index < -0.39 is 5.60 Å². The number of anilines is 1. The third-order valence-corrected chi connectivity index (χ3v) is 4.25. The van der Waals surface area contributed by atoms with Gasteiger partial charge in [-0.05, 0) is 20.8 Å². The lowest BCUT2D eigenvalue weighted by atomic mass is 10.1. The van der Waals surface area contributed by atoms with Crippen LogP contribution in [0.1, 0.15) is 29.2 Å². The molecule has 1 amide bonds. The van der Waals surface area contributed by atoms with E-state index in [0.29, 0.717) is 35.3 Å². The summed E-state index contributed by atoms with van der Waals surface area (Å²) in [5, 5.41) is 10.3. The van der Waals surface area contributed by atoms with E-state index in [9.17, 15) is 9.90 Å². The summed E-state index contributed by atoms with van der Waals surface area (Å²) in [5.41, 5.74) is 5.64. The Hall–Kier alpha value is -1.18. The molecule has 1 saturated heterocycles. The average molecular weight is 298 g/mol. The molecule has 2 rings (SSSR count). The molecule has 3 N–H and O–H groups in total. The van der Waals surface area contributed by atoms with Gasteiger partial charge in [0.1, 0.15) is 4.88 Å². The van der Waals surface area contributed by atoms with Crippen molar-refractivity contribution in [3.63, 3.8) is 0 Å². The average Bonchev–Trinajstić information content (AvgIpc) is 2.66. The highest BCUT2D eigenvalue weighted by Gasteiger charge is 2.27. The number of hydrogen-bond donors (Lipinski definition) is 2. The second-order valence-corrected chi connectivity index (χ2v) is 6.88. The number of aliphatic hydroxyl groups is 1. The van der Waals surface area contributed by atoms with E-state index in [1.807, 2.05) is 11.8 Å². The molecule has 1 aromatic heterocycles. The summed E-state index contributed by atoms with van der Waals surface area (Å²) >= 11 is 1.25. The number of nitrogen functional groups attached to an aromatic ring is 1. The number of carbonyl (C=O) groups is 1. The molecule has 2 heterocycles. The molecule has 1 aliphatic heterocycles. The van der Waals surface area contributed by atoms with E-state index in [1.165, 1.54) is 11.3 Å². The molecule has 0 unspecified atom stereocenters. The van der Waals surface area contributed by atoms with Crippen LogP contribution in [0.15, 0.2) is 0 Å². The van der Waals surface area contributed by atoms with Crippen molar-refractivity contribution < 1.29 is 9.90 Å². The molecule has 6 nitrogen and oxygen atoms in total. The van der Waals surface area contributed by atoms with Crippen LogP contribution in [-0.2, 0) is 0 Å². The largest absolute Gasteiger partial charge is 0.389 e. The normalized spacial score (nSPS) is 17.5. The first-order valence-corrected chi connectivity index (χ1v) is 7.55. The maximum absolute atomic E-state index is 12.4. The van der Waals surface area contributed by atoms with Crippen LogP contribution >= 0.6 is 11.3 Å². The smallest absolute Gasteiger partial charge is 0.266 e. The lowest BCUT2D eigenvalue weighted by Gasteiger charge is -2.37. The van der Waals surface area contributed by atoms with Crippen molar-refractivity contribution in [1.29, 1.82) is 0 Å². The molecule has 20 heavy (non-hydrogen) atoms. The Morgan fingerprint density at radius 1 is 1.40 bits per heavy atom. The van der Waals surface area contributed by atoms with Crippen molar-refractivity contribution in [3.8, 4) is 0 Å². The second kappa shape index (κ2) is 5.67. The summed E-state index contributed by atoms with van der Waals surface area (Å²) in [5.74, 6) is 0.0135. The van der Waals surface area contributed by atoms with Crippen LogP contribution in [0.25, 0.3) is 0 Å². The van der Waals surface area contributed by atoms with Crippen molar-refractivity contribution in [2.24, 2.45) is 0 Å². The van der Waals surface area contributed by atoms with Crippen molar-refractivity contribution in [2.75, 3.05) is 38.5 Å². The fraction of sp³-hybridized carbons (Fsp3) is 0.692. The first-order valence-electron chi connectivity index (χ1n) is 6.73. The predicted molar refractivity (Wildman–Crippen MR) is 79.9 cm³/mol. The molecular formula is C13H22N4O2S. The fourth-order valence-corrected chi connectivity index (χ4v) is 3.22. The van der Waals surface area contributed by atoms with Crippen molar-refractivity contribution in [2.45, 2.75) is 26.4 Å². The summed E-state index contributed by atoms with van der Waals surface area (Å²) in [6.45, 7) is 8.94. The van der Waals surface area contributed by atoms with Crippen molar-refractivity contribution >= 4 is 22.4 Å². The monoisotopic (exact) mass is 298 g/mol. The third kappa shape index (κ3) is 3.68. The number of aromatic nitrogens is 1. The Labute approximate surface area is 123 Å². The number of hydrogen-bond acceptors (Lipinski definition) is 6. The van der Waals surface area contributed by atoms with Gasteiger partial charge in [-0.15, -0.1) is 0 Å². The zero-order valence-corrected chi connectivity index (χ0v) is 13.0. The van der Waals surface area contributed by atoms with Gasteiger partial charge in [0.2, 0.25) is 0 Å². The van der Waals surface area contributed by atoms with Crippen LogP contribution in [0.3, 0.4) is 0 Å². The summed E-state index contributed by atoms with van der Waals surface area (Å²) in [6, 6.07) is 0. The minimum absolute atomic E-state index is 0.0135. The Morgan fingerprint density at radius 3 is 2.45 bits per heavy atom. The predicted octanol–water partition coefficient (Wildman–Crippen LogP) is 0.562. The number of aryl methyl sites for hydroxylation is 1. The van der Waals surface area contributed by atoms with Gasteiger partial charge in [-0.1, -0.05) is 11.3 Å². The van der Waals surface area contributed by atoms with Crippen LogP contribution in [0.4, 0.5) is 5.13 Å². The first-order chi connectivity index (χ1) is 9.26. The summed E-state index contributed by atoms with van der Waals surface area (Å²) in [7, 11) is 0. The molecule has 0 saturated carbocycles. The van der Waals surface area contributed by atoms with E-state index in [0.717, 1.165) is 13.1 Å². The highest BCUT2D eigenvalue weighted by atomic mass is 32.1. The van der Waals surface area contributed by atoms with Gasteiger partial charge in [0.15, 0.2) is 5.13 Å². The van der Waals surface area contributed by atoms with Crippen molar-refractivity contribution in [3.05, 3.63) is 10.6 Å². The lowest BCUT2D eigenvalue weighted by Crippen LogP contribution is -2.51. The number of nitrogens with two attached hydrogens (primary N) is 1. The van der Waals surface area contributed by atoms with Gasteiger partial charge in [-0.25, -0.2) is 4.98 Å². The maximum atomic E-state index is 12.4. The van der Waals surface area contributed by atoms with E-state index in [4.69, 9.17) is 5.73 Å². The number of nitrogens with zero attached hydrogens (tertiary/aromatic N) is 3. The number of thiazole rings is 1. The Balaban J connectivity index is 1.94. The number of rotatable bonds is 3. The number of carbonyl (C=O) groups excluding carboxylic acids is 1. The molecule has 112 valence electrons. The van der Waals surface area contributed by atoms with Crippen molar-refractivity contribution in [1.82, 2.24) is 14.8 Å². The van der Waals surface area contributed by atoms with E-state index >= 15 is 0 Å². The molecular weight excluding hydrogens is 276 g/mol. The van der Waals surface area contributed by atoms with Gasteiger partial charge in [0.25, 0.3) is 5.91 Å². The Kier molecular flexibility index (Phi) is 4.31. The molecule has 0 aromatic carbocycles. The molecule has 0 aliphatic carbocycles. The van der Waals surface area contributed by atoms with Gasteiger partial charge in [-0.2, -0.15) is 0 Å². The van der Waals surface area contributed by atoms with Crippen LogP contribution in [0, 0.1) is 6.92 Å². The molecule has 1 aliphatic rings.